The third kappa shape index (κ3) is 4.78. The van der Waals surface area contributed by atoms with E-state index < -0.39 is 17.2 Å². The molecular weight excluding hydrogens is 426 g/mol. The molecule has 2 amide bonds. The van der Waals surface area contributed by atoms with Crippen LogP contribution in [0, 0.1) is 19.7 Å². The van der Waals surface area contributed by atoms with Crippen molar-refractivity contribution in [1.82, 2.24) is 10.2 Å². The maximum absolute atomic E-state index is 15.1. The molecular formula is C26H30F2N2O3. The van der Waals surface area contributed by atoms with Gasteiger partial charge >= 0.3 is 0 Å². The van der Waals surface area contributed by atoms with Gasteiger partial charge < -0.3 is 15.0 Å². The van der Waals surface area contributed by atoms with Gasteiger partial charge in [0, 0.05) is 0 Å². The van der Waals surface area contributed by atoms with Gasteiger partial charge in [-0.1, -0.05) is 42.0 Å². The molecule has 1 heterocycles. The number of likely N-dealkylation sites (tertiary alicyclic amines) is 1. The van der Waals surface area contributed by atoms with E-state index in [0.717, 1.165) is 11.1 Å². The van der Waals surface area contributed by atoms with Crippen molar-refractivity contribution in [3.8, 4) is 0 Å². The quantitative estimate of drug-likeness (QED) is 0.658. The number of aryl methyl sites for hydroxylation is 1. The standard InChI is InChI=1S/C26H30F2N2O3/c1-17-7-9-20(10-8-17)13-33-19(3)23(31)30-15-25(28,16-30)14-29-24(32)26(11-12-26)21-5-4-6-22(27)18(21)2/h4-10,19H,11-16H2,1-3H3,(H,29,32). The topological polar surface area (TPSA) is 58.6 Å². The van der Waals surface area contributed by atoms with Gasteiger partial charge in [0.05, 0.1) is 31.7 Å². The van der Waals surface area contributed by atoms with Crippen LogP contribution in [0.15, 0.2) is 42.5 Å². The van der Waals surface area contributed by atoms with E-state index in [2.05, 4.69) is 5.32 Å². The van der Waals surface area contributed by atoms with Crippen molar-refractivity contribution < 1.29 is 23.1 Å². The van der Waals surface area contributed by atoms with E-state index in [1.54, 1.807) is 26.0 Å². The summed E-state index contributed by atoms with van der Waals surface area (Å²) in [5, 5.41) is 2.71. The van der Waals surface area contributed by atoms with Crippen LogP contribution in [0.3, 0.4) is 0 Å². The summed E-state index contributed by atoms with van der Waals surface area (Å²) in [4.78, 5) is 26.8. The molecule has 1 aliphatic carbocycles. The molecule has 5 nitrogen and oxygen atoms in total. The van der Waals surface area contributed by atoms with Gasteiger partial charge in [-0.05, 0) is 56.4 Å². The Bertz CT molecular complexity index is 1040. The minimum Gasteiger partial charge on any atom is -0.364 e. The number of hydrogen-bond acceptors (Lipinski definition) is 3. The fourth-order valence-corrected chi connectivity index (χ4v) is 4.42. The predicted molar refractivity (Wildman–Crippen MR) is 121 cm³/mol. The zero-order valence-corrected chi connectivity index (χ0v) is 19.3. The number of nitrogens with one attached hydrogen (secondary N) is 1. The van der Waals surface area contributed by atoms with Gasteiger partial charge in [0.15, 0.2) is 5.67 Å². The molecule has 2 aromatic carbocycles. The summed E-state index contributed by atoms with van der Waals surface area (Å²) in [5.41, 5.74) is 0.787. The Balaban J connectivity index is 1.25. The monoisotopic (exact) mass is 456 g/mol. The molecule has 4 rings (SSSR count). The smallest absolute Gasteiger partial charge is 0.251 e. The minimum atomic E-state index is -1.67. The lowest BCUT2D eigenvalue weighted by Gasteiger charge is -2.45. The van der Waals surface area contributed by atoms with Crippen molar-refractivity contribution in [1.29, 1.82) is 0 Å². The van der Waals surface area contributed by atoms with E-state index in [1.807, 2.05) is 31.2 Å². The largest absolute Gasteiger partial charge is 0.364 e. The van der Waals surface area contributed by atoms with Crippen molar-refractivity contribution >= 4 is 11.8 Å². The van der Waals surface area contributed by atoms with E-state index in [1.165, 1.54) is 11.0 Å². The average molecular weight is 457 g/mol. The number of benzene rings is 2. The molecule has 0 aromatic heterocycles. The molecule has 7 heteroatoms. The lowest BCUT2D eigenvalue weighted by Crippen LogP contribution is -2.66. The van der Waals surface area contributed by atoms with Crippen LogP contribution >= 0.6 is 0 Å². The number of hydrogen-bond donors (Lipinski definition) is 1. The summed E-state index contributed by atoms with van der Waals surface area (Å²) in [5.74, 6) is -0.899. The van der Waals surface area contributed by atoms with E-state index in [0.29, 0.717) is 30.6 Å². The first-order valence-corrected chi connectivity index (χ1v) is 11.3. The number of alkyl halides is 1. The van der Waals surface area contributed by atoms with Crippen LogP contribution in [0.25, 0.3) is 0 Å². The van der Waals surface area contributed by atoms with Crippen molar-refractivity contribution in [2.45, 2.75) is 57.4 Å². The molecule has 176 valence electrons. The number of nitrogens with zero attached hydrogens (tertiary/aromatic N) is 1. The summed E-state index contributed by atoms with van der Waals surface area (Å²) >= 11 is 0. The van der Waals surface area contributed by atoms with E-state index in [-0.39, 0.29) is 37.3 Å². The Hall–Kier alpha value is -2.80. The average Bonchev–Trinajstić information content (AvgIpc) is 3.58. The first-order chi connectivity index (χ1) is 15.6. The third-order valence-corrected chi connectivity index (χ3v) is 6.76. The molecule has 2 fully saturated rings. The second-order valence-corrected chi connectivity index (χ2v) is 9.46. The lowest BCUT2D eigenvalue weighted by molar-refractivity contribution is -0.157. The Kier molecular flexibility index (Phi) is 6.27. The maximum Gasteiger partial charge on any atom is 0.251 e. The molecule has 2 aliphatic rings. The van der Waals surface area contributed by atoms with Crippen LogP contribution in [0.1, 0.15) is 42.0 Å². The fraction of sp³-hybridized carbons (Fsp3) is 0.462. The Morgan fingerprint density at radius 1 is 1.12 bits per heavy atom. The molecule has 33 heavy (non-hydrogen) atoms. The maximum atomic E-state index is 15.1. The molecule has 0 radical (unpaired) electrons. The van der Waals surface area contributed by atoms with Crippen molar-refractivity contribution in [3.05, 3.63) is 70.5 Å². The molecule has 1 unspecified atom stereocenters. The van der Waals surface area contributed by atoms with E-state index >= 15 is 4.39 Å². The molecule has 1 N–H and O–H groups in total. The third-order valence-electron chi connectivity index (χ3n) is 6.76. The van der Waals surface area contributed by atoms with Crippen LogP contribution in [-0.2, 0) is 26.3 Å². The van der Waals surface area contributed by atoms with E-state index in [4.69, 9.17) is 4.74 Å². The first-order valence-electron chi connectivity index (χ1n) is 11.3. The molecule has 0 bridgehead atoms. The number of carbonyl (C=O) groups is 2. The Morgan fingerprint density at radius 2 is 1.79 bits per heavy atom. The fourth-order valence-electron chi connectivity index (χ4n) is 4.42. The molecule has 1 saturated carbocycles. The highest BCUT2D eigenvalue weighted by molar-refractivity contribution is 5.91. The molecule has 1 aliphatic heterocycles. The van der Waals surface area contributed by atoms with Gasteiger partial charge in [-0.25, -0.2) is 8.78 Å². The zero-order chi connectivity index (χ0) is 23.8. The normalized spacial score (nSPS) is 18.9. The molecule has 1 saturated heterocycles. The Labute approximate surface area is 193 Å². The van der Waals surface area contributed by atoms with Gasteiger partial charge in [0.2, 0.25) is 5.91 Å². The molecule has 2 aromatic rings. The van der Waals surface area contributed by atoms with Crippen LogP contribution in [0.4, 0.5) is 8.78 Å². The van der Waals surface area contributed by atoms with Crippen LogP contribution in [-0.4, -0.2) is 48.1 Å². The summed E-state index contributed by atoms with van der Waals surface area (Å²) < 4.78 is 34.7. The highest BCUT2D eigenvalue weighted by Gasteiger charge is 2.54. The van der Waals surface area contributed by atoms with Gasteiger partial charge in [0.1, 0.15) is 11.9 Å². The van der Waals surface area contributed by atoms with Gasteiger partial charge in [-0.15, -0.1) is 0 Å². The van der Waals surface area contributed by atoms with Gasteiger partial charge in [0.25, 0.3) is 5.91 Å². The number of carbonyl (C=O) groups excluding carboxylic acids is 2. The molecule has 0 spiro atoms. The summed E-state index contributed by atoms with van der Waals surface area (Å²) in [6.07, 6.45) is 0.544. The second kappa shape index (κ2) is 8.86. The van der Waals surface area contributed by atoms with Crippen LogP contribution in [0.2, 0.25) is 0 Å². The number of ether oxygens (including phenoxy) is 1. The van der Waals surface area contributed by atoms with Crippen molar-refractivity contribution in [3.63, 3.8) is 0 Å². The number of halogens is 2. The minimum absolute atomic E-state index is 0.0870. The summed E-state index contributed by atoms with van der Waals surface area (Å²) in [7, 11) is 0. The number of amides is 2. The molecule has 1 atom stereocenters. The lowest BCUT2D eigenvalue weighted by atomic mass is 9.90. The van der Waals surface area contributed by atoms with E-state index in [9.17, 15) is 14.0 Å². The second-order valence-electron chi connectivity index (χ2n) is 9.46. The van der Waals surface area contributed by atoms with Gasteiger partial charge in [-0.3, -0.25) is 9.59 Å². The van der Waals surface area contributed by atoms with Crippen LogP contribution < -0.4 is 5.32 Å². The highest BCUT2D eigenvalue weighted by Crippen LogP contribution is 2.50. The zero-order valence-electron chi connectivity index (χ0n) is 19.3. The Morgan fingerprint density at radius 3 is 2.42 bits per heavy atom. The number of rotatable bonds is 8. The van der Waals surface area contributed by atoms with Crippen molar-refractivity contribution in [2.75, 3.05) is 19.6 Å². The highest BCUT2D eigenvalue weighted by atomic mass is 19.1. The van der Waals surface area contributed by atoms with Gasteiger partial charge in [-0.2, -0.15) is 0 Å². The first kappa shape index (κ1) is 23.4. The predicted octanol–water partition coefficient (Wildman–Crippen LogP) is 3.75. The summed E-state index contributed by atoms with van der Waals surface area (Å²) in [6.45, 7) is 5.27. The SMILES string of the molecule is Cc1ccc(COC(C)C(=O)N2CC(F)(CNC(=O)C3(c4cccc(F)c4C)CC3)C2)cc1. The summed E-state index contributed by atoms with van der Waals surface area (Å²) in [6, 6.07) is 12.6. The van der Waals surface area contributed by atoms with Crippen molar-refractivity contribution in [2.24, 2.45) is 0 Å². The van der Waals surface area contributed by atoms with Crippen LogP contribution in [0.5, 0.6) is 0 Å².